The second-order valence-electron chi connectivity index (χ2n) is 5.30. The SMILES string of the molecule is Cc1c(C(=O)N[C@@H](C)c2ccc(F)cc2)oc2ccccc12. The molecule has 1 heterocycles. The minimum absolute atomic E-state index is 0.235. The van der Waals surface area contributed by atoms with Gasteiger partial charge < -0.3 is 9.73 Å². The molecule has 0 unspecified atom stereocenters. The largest absolute Gasteiger partial charge is 0.451 e. The smallest absolute Gasteiger partial charge is 0.287 e. The van der Waals surface area contributed by atoms with Gasteiger partial charge in [-0.15, -0.1) is 0 Å². The first-order valence-corrected chi connectivity index (χ1v) is 7.10. The molecule has 0 radical (unpaired) electrons. The summed E-state index contributed by atoms with van der Waals surface area (Å²) in [5, 5.41) is 3.81. The summed E-state index contributed by atoms with van der Waals surface area (Å²) < 4.78 is 18.6. The molecule has 0 aliphatic heterocycles. The highest BCUT2D eigenvalue weighted by atomic mass is 19.1. The van der Waals surface area contributed by atoms with Crippen molar-refractivity contribution >= 4 is 16.9 Å². The molecule has 0 fully saturated rings. The summed E-state index contributed by atoms with van der Waals surface area (Å²) in [6.45, 7) is 3.71. The fourth-order valence-corrected chi connectivity index (χ4v) is 2.49. The zero-order valence-electron chi connectivity index (χ0n) is 12.4. The van der Waals surface area contributed by atoms with Crippen LogP contribution in [0.5, 0.6) is 0 Å². The van der Waals surface area contributed by atoms with E-state index in [1.54, 1.807) is 12.1 Å². The van der Waals surface area contributed by atoms with Gasteiger partial charge in [0, 0.05) is 10.9 Å². The van der Waals surface area contributed by atoms with Gasteiger partial charge in [0.05, 0.1) is 6.04 Å². The number of amides is 1. The maximum absolute atomic E-state index is 12.9. The van der Waals surface area contributed by atoms with E-state index in [-0.39, 0.29) is 17.8 Å². The number of fused-ring (bicyclic) bond motifs is 1. The molecular formula is C18H16FNO2. The summed E-state index contributed by atoms with van der Waals surface area (Å²) in [6, 6.07) is 13.4. The van der Waals surface area contributed by atoms with Gasteiger partial charge in [0.2, 0.25) is 0 Å². The number of carbonyl (C=O) groups excluding carboxylic acids is 1. The van der Waals surface area contributed by atoms with Gasteiger partial charge in [0.25, 0.3) is 5.91 Å². The fraction of sp³-hybridized carbons (Fsp3) is 0.167. The van der Waals surface area contributed by atoms with Crippen LogP contribution in [0, 0.1) is 12.7 Å². The highest BCUT2D eigenvalue weighted by molar-refractivity contribution is 5.99. The number of carbonyl (C=O) groups is 1. The van der Waals surface area contributed by atoms with Crippen LogP contribution in [0.15, 0.2) is 52.9 Å². The zero-order chi connectivity index (χ0) is 15.7. The van der Waals surface area contributed by atoms with Crippen LogP contribution >= 0.6 is 0 Å². The number of benzene rings is 2. The summed E-state index contributed by atoms with van der Waals surface area (Å²) in [5.41, 5.74) is 2.35. The molecule has 3 aromatic rings. The third-order valence-corrected chi connectivity index (χ3v) is 3.77. The van der Waals surface area contributed by atoms with Gasteiger partial charge in [0.1, 0.15) is 11.4 Å². The van der Waals surface area contributed by atoms with E-state index in [1.807, 2.05) is 38.1 Å². The minimum atomic E-state index is -0.296. The lowest BCUT2D eigenvalue weighted by molar-refractivity contribution is 0.0913. The van der Waals surface area contributed by atoms with Crippen LogP contribution in [0.4, 0.5) is 4.39 Å². The standard InChI is InChI=1S/C18H16FNO2/c1-11-15-5-3-4-6-16(15)22-17(11)18(21)20-12(2)13-7-9-14(19)10-8-13/h3-10,12H,1-2H3,(H,20,21)/t12-/m0/s1. The fourth-order valence-electron chi connectivity index (χ4n) is 2.49. The molecule has 4 heteroatoms. The van der Waals surface area contributed by atoms with Gasteiger partial charge in [-0.05, 0) is 37.6 Å². The van der Waals surface area contributed by atoms with E-state index in [4.69, 9.17) is 4.42 Å². The summed E-state index contributed by atoms with van der Waals surface area (Å²) in [6.07, 6.45) is 0. The highest BCUT2D eigenvalue weighted by Crippen LogP contribution is 2.25. The highest BCUT2D eigenvalue weighted by Gasteiger charge is 2.19. The maximum Gasteiger partial charge on any atom is 0.287 e. The van der Waals surface area contributed by atoms with Gasteiger partial charge in [-0.2, -0.15) is 0 Å². The van der Waals surface area contributed by atoms with E-state index in [9.17, 15) is 9.18 Å². The van der Waals surface area contributed by atoms with E-state index in [2.05, 4.69) is 5.32 Å². The molecule has 0 spiro atoms. The molecule has 0 saturated heterocycles. The molecule has 1 aromatic heterocycles. The average molecular weight is 297 g/mol. The van der Waals surface area contributed by atoms with E-state index in [1.165, 1.54) is 12.1 Å². The first-order valence-electron chi connectivity index (χ1n) is 7.10. The average Bonchev–Trinajstić information content (AvgIpc) is 2.85. The molecule has 22 heavy (non-hydrogen) atoms. The van der Waals surface area contributed by atoms with Crippen LogP contribution < -0.4 is 5.32 Å². The van der Waals surface area contributed by atoms with Crippen molar-refractivity contribution in [3.63, 3.8) is 0 Å². The maximum atomic E-state index is 12.9. The Morgan fingerprint density at radius 1 is 1.14 bits per heavy atom. The normalized spacial score (nSPS) is 12.3. The second-order valence-corrected chi connectivity index (χ2v) is 5.30. The molecule has 0 bridgehead atoms. The van der Waals surface area contributed by atoms with Crippen molar-refractivity contribution in [2.24, 2.45) is 0 Å². The van der Waals surface area contributed by atoms with Crippen LogP contribution in [-0.4, -0.2) is 5.91 Å². The number of halogens is 1. The Morgan fingerprint density at radius 3 is 2.50 bits per heavy atom. The molecule has 1 amide bonds. The summed E-state index contributed by atoms with van der Waals surface area (Å²) >= 11 is 0. The Morgan fingerprint density at radius 2 is 1.82 bits per heavy atom. The van der Waals surface area contributed by atoms with Gasteiger partial charge in [-0.1, -0.05) is 30.3 Å². The summed E-state index contributed by atoms with van der Waals surface area (Å²) in [7, 11) is 0. The van der Waals surface area contributed by atoms with Crippen LogP contribution in [0.1, 0.15) is 34.6 Å². The lowest BCUT2D eigenvalue weighted by Crippen LogP contribution is -2.26. The quantitative estimate of drug-likeness (QED) is 0.780. The topological polar surface area (TPSA) is 42.2 Å². The van der Waals surface area contributed by atoms with Crippen molar-refractivity contribution in [2.45, 2.75) is 19.9 Å². The molecule has 112 valence electrons. The molecule has 0 aliphatic carbocycles. The molecule has 3 rings (SSSR count). The number of hydrogen-bond donors (Lipinski definition) is 1. The van der Waals surface area contributed by atoms with E-state index in [0.717, 1.165) is 16.5 Å². The first kappa shape index (κ1) is 14.3. The molecule has 2 aromatic carbocycles. The Labute approximate surface area is 127 Å². The van der Waals surface area contributed by atoms with Crippen molar-refractivity contribution in [2.75, 3.05) is 0 Å². The number of para-hydroxylation sites is 1. The molecular weight excluding hydrogens is 281 g/mol. The van der Waals surface area contributed by atoms with E-state index >= 15 is 0 Å². The first-order chi connectivity index (χ1) is 10.6. The Hall–Kier alpha value is -2.62. The number of rotatable bonds is 3. The Bertz CT molecular complexity index is 821. The number of hydrogen-bond acceptors (Lipinski definition) is 2. The van der Waals surface area contributed by atoms with E-state index in [0.29, 0.717) is 11.3 Å². The molecule has 1 atom stereocenters. The number of furan rings is 1. The summed E-state index contributed by atoms with van der Waals surface area (Å²) in [5.74, 6) is -0.254. The van der Waals surface area contributed by atoms with Crippen LogP contribution in [0.25, 0.3) is 11.0 Å². The van der Waals surface area contributed by atoms with Crippen molar-refractivity contribution < 1.29 is 13.6 Å². The molecule has 3 nitrogen and oxygen atoms in total. The predicted molar refractivity (Wildman–Crippen MR) is 83.2 cm³/mol. The van der Waals surface area contributed by atoms with Crippen molar-refractivity contribution in [1.82, 2.24) is 5.32 Å². The Balaban J connectivity index is 1.84. The van der Waals surface area contributed by atoms with Crippen LogP contribution in [-0.2, 0) is 0 Å². The Kier molecular flexibility index (Phi) is 3.67. The lowest BCUT2D eigenvalue weighted by atomic mass is 10.1. The number of aryl methyl sites for hydroxylation is 1. The van der Waals surface area contributed by atoms with Crippen LogP contribution in [0.2, 0.25) is 0 Å². The van der Waals surface area contributed by atoms with Gasteiger partial charge in [-0.3, -0.25) is 4.79 Å². The third-order valence-electron chi connectivity index (χ3n) is 3.77. The second kappa shape index (κ2) is 5.64. The molecule has 0 saturated carbocycles. The van der Waals surface area contributed by atoms with E-state index < -0.39 is 0 Å². The summed E-state index contributed by atoms with van der Waals surface area (Å²) in [4.78, 5) is 12.4. The third kappa shape index (κ3) is 2.60. The predicted octanol–water partition coefficient (Wildman–Crippen LogP) is 4.37. The van der Waals surface area contributed by atoms with Gasteiger partial charge in [0.15, 0.2) is 5.76 Å². The van der Waals surface area contributed by atoms with Crippen molar-refractivity contribution in [3.8, 4) is 0 Å². The van der Waals surface area contributed by atoms with Crippen LogP contribution in [0.3, 0.4) is 0 Å². The van der Waals surface area contributed by atoms with Gasteiger partial charge in [-0.25, -0.2) is 4.39 Å². The monoisotopic (exact) mass is 297 g/mol. The minimum Gasteiger partial charge on any atom is -0.451 e. The number of nitrogens with one attached hydrogen (secondary N) is 1. The van der Waals surface area contributed by atoms with Gasteiger partial charge >= 0.3 is 0 Å². The zero-order valence-corrected chi connectivity index (χ0v) is 12.4. The lowest BCUT2D eigenvalue weighted by Gasteiger charge is -2.13. The molecule has 0 aliphatic rings. The van der Waals surface area contributed by atoms with Crippen molar-refractivity contribution in [3.05, 3.63) is 71.2 Å². The molecule has 1 N–H and O–H groups in total. The van der Waals surface area contributed by atoms with Crippen molar-refractivity contribution in [1.29, 1.82) is 0 Å².